The van der Waals surface area contributed by atoms with Gasteiger partial charge in [0, 0.05) is 12.6 Å². The van der Waals surface area contributed by atoms with Gasteiger partial charge in [-0.3, -0.25) is 4.79 Å². The molecule has 0 radical (unpaired) electrons. The second-order valence-electron chi connectivity index (χ2n) is 6.84. The standard InChI is InChI=1S/C18H24FNO2/c19-15-6-4-5-14(11-15)13-20(16-7-8-16)17(21)12-18(22)9-2-1-3-10-18/h4-6,11,16,22H,1-3,7-10,12-13H2. The number of carbonyl (C=O) groups is 1. The molecule has 120 valence electrons. The Morgan fingerprint density at radius 1 is 1.27 bits per heavy atom. The minimum absolute atomic E-state index is 0.0103. The van der Waals surface area contributed by atoms with Crippen molar-refractivity contribution in [2.75, 3.05) is 0 Å². The van der Waals surface area contributed by atoms with Crippen LogP contribution in [0.2, 0.25) is 0 Å². The lowest BCUT2D eigenvalue weighted by Gasteiger charge is -2.34. The molecule has 2 fully saturated rings. The van der Waals surface area contributed by atoms with E-state index in [1.165, 1.54) is 12.1 Å². The second-order valence-corrected chi connectivity index (χ2v) is 6.84. The Hall–Kier alpha value is -1.42. The summed E-state index contributed by atoms with van der Waals surface area (Å²) in [5, 5.41) is 10.6. The Morgan fingerprint density at radius 3 is 2.64 bits per heavy atom. The molecular weight excluding hydrogens is 281 g/mol. The molecule has 3 nitrogen and oxygen atoms in total. The minimum Gasteiger partial charge on any atom is -0.389 e. The zero-order valence-electron chi connectivity index (χ0n) is 12.9. The summed E-state index contributed by atoms with van der Waals surface area (Å²) in [7, 11) is 0. The van der Waals surface area contributed by atoms with Crippen LogP contribution < -0.4 is 0 Å². The number of carbonyl (C=O) groups excluding carboxylic acids is 1. The summed E-state index contributed by atoms with van der Waals surface area (Å²) in [5.74, 6) is -0.261. The molecule has 0 spiro atoms. The molecule has 2 aliphatic rings. The lowest BCUT2D eigenvalue weighted by atomic mass is 9.82. The molecule has 2 saturated carbocycles. The summed E-state index contributed by atoms with van der Waals surface area (Å²) in [6.07, 6.45) is 6.81. The van der Waals surface area contributed by atoms with E-state index in [0.717, 1.165) is 50.5 Å². The van der Waals surface area contributed by atoms with Crippen molar-refractivity contribution in [3.05, 3.63) is 35.6 Å². The molecule has 4 heteroatoms. The number of halogens is 1. The highest BCUT2D eigenvalue weighted by atomic mass is 19.1. The van der Waals surface area contributed by atoms with E-state index in [0.29, 0.717) is 6.54 Å². The van der Waals surface area contributed by atoms with Crippen LogP contribution in [0.5, 0.6) is 0 Å². The van der Waals surface area contributed by atoms with Crippen molar-refractivity contribution in [1.82, 2.24) is 4.90 Å². The summed E-state index contributed by atoms with van der Waals surface area (Å²) in [6.45, 7) is 0.442. The molecule has 22 heavy (non-hydrogen) atoms. The van der Waals surface area contributed by atoms with Crippen molar-refractivity contribution in [3.63, 3.8) is 0 Å². The van der Waals surface area contributed by atoms with Gasteiger partial charge in [0.25, 0.3) is 0 Å². The molecule has 0 atom stereocenters. The van der Waals surface area contributed by atoms with Gasteiger partial charge in [-0.2, -0.15) is 0 Å². The van der Waals surface area contributed by atoms with Crippen LogP contribution in [0.15, 0.2) is 24.3 Å². The lowest BCUT2D eigenvalue weighted by molar-refractivity contribution is -0.139. The molecule has 1 N–H and O–H groups in total. The Morgan fingerprint density at radius 2 is 2.00 bits per heavy atom. The summed E-state index contributed by atoms with van der Waals surface area (Å²) < 4.78 is 13.3. The fourth-order valence-electron chi connectivity index (χ4n) is 3.41. The van der Waals surface area contributed by atoms with Crippen LogP contribution in [0.1, 0.15) is 56.9 Å². The summed E-state index contributed by atoms with van der Waals surface area (Å²) in [5.41, 5.74) is -0.0133. The van der Waals surface area contributed by atoms with Gasteiger partial charge in [-0.05, 0) is 43.4 Å². The number of benzene rings is 1. The maximum atomic E-state index is 13.3. The first-order valence-corrected chi connectivity index (χ1v) is 8.32. The average molecular weight is 305 g/mol. The van der Waals surface area contributed by atoms with Crippen LogP contribution >= 0.6 is 0 Å². The largest absolute Gasteiger partial charge is 0.389 e. The third kappa shape index (κ3) is 3.86. The Bertz CT molecular complexity index is 536. The molecule has 0 bridgehead atoms. The van der Waals surface area contributed by atoms with Crippen molar-refractivity contribution in [2.24, 2.45) is 0 Å². The number of hydrogen-bond donors (Lipinski definition) is 1. The van der Waals surface area contributed by atoms with E-state index in [9.17, 15) is 14.3 Å². The number of amides is 1. The average Bonchev–Trinajstić information content (AvgIpc) is 3.29. The minimum atomic E-state index is -0.829. The SMILES string of the molecule is O=C(CC1(O)CCCCC1)N(Cc1cccc(F)c1)C1CC1. The van der Waals surface area contributed by atoms with E-state index in [1.54, 1.807) is 6.07 Å². The predicted molar refractivity (Wildman–Crippen MR) is 82.6 cm³/mol. The van der Waals surface area contributed by atoms with E-state index in [2.05, 4.69) is 0 Å². The van der Waals surface area contributed by atoms with Gasteiger partial charge >= 0.3 is 0 Å². The molecule has 1 aromatic carbocycles. The topological polar surface area (TPSA) is 40.5 Å². The van der Waals surface area contributed by atoms with Crippen LogP contribution in [0.4, 0.5) is 4.39 Å². The van der Waals surface area contributed by atoms with E-state index in [4.69, 9.17) is 0 Å². The number of aliphatic hydroxyl groups is 1. The van der Waals surface area contributed by atoms with Gasteiger partial charge in [-0.25, -0.2) is 4.39 Å². The van der Waals surface area contributed by atoms with E-state index in [1.807, 2.05) is 11.0 Å². The maximum Gasteiger partial charge on any atom is 0.226 e. The summed E-state index contributed by atoms with van der Waals surface area (Å²) >= 11 is 0. The number of nitrogens with zero attached hydrogens (tertiary/aromatic N) is 1. The lowest BCUT2D eigenvalue weighted by Crippen LogP contribution is -2.41. The van der Waals surface area contributed by atoms with E-state index in [-0.39, 0.29) is 24.2 Å². The molecule has 0 saturated heterocycles. The Balaban J connectivity index is 1.66. The molecule has 1 aromatic rings. The number of rotatable bonds is 5. The van der Waals surface area contributed by atoms with Crippen molar-refractivity contribution in [3.8, 4) is 0 Å². The fraction of sp³-hybridized carbons (Fsp3) is 0.611. The Kier molecular flexibility index (Phi) is 4.48. The maximum absolute atomic E-state index is 13.3. The van der Waals surface area contributed by atoms with E-state index < -0.39 is 5.60 Å². The van der Waals surface area contributed by atoms with Crippen molar-refractivity contribution < 1.29 is 14.3 Å². The van der Waals surface area contributed by atoms with Gasteiger partial charge in [-0.1, -0.05) is 31.4 Å². The van der Waals surface area contributed by atoms with E-state index >= 15 is 0 Å². The van der Waals surface area contributed by atoms with Crippen LogP contribution in [0, 0.1) is 5.82 Å². The fourth-order valence-corrected chi connectivity index (χ4v) is 3.41. The molecule has 0 unspecified atom stereocenters. The third-order valence-electron chi connectivity index (χ3n) is 4.81. The van der Waals surface area contributed by atoms with Crippen molar-refractivity contribution in [1.29, 1.82) is 0 Å². The first-order valence-electron chi connectivity index (χ1n) is 8.32. The first kappa shape index (κ1) is 15.5. The van der Waals surface area contributed by atoms with Crippen LogP contribution in [-0.4, -0.2) is 27.6 Å². The molecule has 3 rings (SSSR count). The van der Waals surface area contributed by atoms with Gasteiger partial charge in [0.15, 0.2) is 0 Å². The highest BCUT2D eigenvalue weighted by molar-refractivity contribution is 5.78. The first-order chi connectivity index (χ1) is 10.6. The Labute approximate surface area is 131 Å². The molecule has 0 aliphatic heterocycles. The predicted octanol–water partition coefficient (Wildman–Crippen LogP) is 3.40. The smallest absolute Gasteiger partial charge is 0.226 e. The van der Waals surface area contributed by atoms with Crippen molar-refractivity contribution in [2.45, 2.75) is 69.6 Å². The molecule has 0 aromatic heterocycles. The zero-order valence-corrected chi connectivity index (χ0v) is 12.9. The van der Waals surface area contributed by atoms with Gasteiger partial charge in [0.1, 0.15) is 5.82 Å². The molecule has 0 heterocycles. The van der Waals surface area contributed by atoms with Crippen LogP contribution in [-0.2, 0) is 11.3 Å². The van der Waals surface area contributed by atoms with Gasteiger partial charge < -0.3 is 10.0 Å². The highest BCUT2D eigenvalue weighted by Crippen LogP contribution is 2.34. The van der Waals surface area contributed by atoms with Crippen LogP contribution in [0.25, 0.3) is 0 Å². The summed E-state index contributed by atoms with van der Waals surface area (Å²) in [4.78, 5) is 14.5. The highest BCUT2D eigenvalue weighted by Gasteiger charge is 2.38. The molecule has 2 aliphatic carbocycles. The monoisotopic (exact) mass is 305 g/mol. The molecular formula is C18H24FNO2. The van der Waals surface area contributed by atoms with Gasteiger partial charge in [0.05, 0.1) is 12.0 Å². The summed E-state index contributed by atoms with van der Waals surface area (Å²) in [6, 6.07) is 6.69. The van der Waals surface area contributed by atoms with Gasteiger partial charge in [0.2, 0.25) is 5.91 Å². The quantitative estimate of drug-likeness (QED) is 0.905. The zero-order chi connectivity index (χ0) is 15.6. The number of hydrogen-bond acceptors (Lipinski definition) is 2. The van der Waals surface area contributed by atoms with Crippen molar-refractivity contribution >= 4 is 5.91 Å². The normalized spacial score (nSPS) is 20.6. The van der Waals surface area contributed by atoms with Crippen LogP contribution in [0.3, 0.4) is 0 Å². The van der Waals surface area contributed by atoms with Gasteiger partial charge in [-0.15, -0.1) is 0 Å². The third-order valence-corrected chi connectivity index (χ3v) is 4.81. The second kappa shape index (κ2) is 6.37. The molecule has 1 amide bonds.